The van der Waals surface area contributed by atoms with E-state index >= 15 is 0 Å². The van der Waals surface area contributed by atoms with E-state index in [1.165, 1.54) is 32.9 Å². The molecule has 2 unspecified atom stereocenters. The lowest BCUT2D eigenvalue weighted by atomic mass is 9.93. The third-order valence-corrected chi connectivity index (χ3v) is 4.56. The molecule has 4 nitrogen and oxygen atoms in total. The van der Waals surface area contributed by atoms with Crippen molar-refractivity contribution in [1.82, 2.24) is 10.2 Å². The Labute approximate surface area is 130 Å². The number of carbonyl (C=O) groups excluding carboxylic acids is 1. The van der Waals surface area contributed by atoms with Crippen molar-refractivity contribution in [3.05, 3.63) is 0 Å². The van der Waals surface area contributed by atoms with Gasteiger partial charge < -0.3 is 9.64 Å². The van der Waals surface area contributed by atoms with Gasteiger partial charge in [0.05, 0.1) is 7.11 Å². The zero-order valence-corrected chi connectivity index (χ0v) is 14.6. The van der Waals surface area contributed by atoms with Gasteiger partial charge in [-0.05, 0) is 72.9 Å². The van der Waals surface area contributed by atoms with Gasteiger partial charge in [-0.15, -0.1) is 0 Å². The molecular weight excluding hydrogens is 264 g/mol. The molecule has 21 heavy (non-hydrogen) atoms. The van der Waals surface area contributed by atoms with Crippen LogP contribution in [0.5, 0.6) is 0 Å². The lowest BCUT2D eigenvalue weighted by Gasteiger charge is -2.34. The molecule has 124 valence electrons. The summed E-state index contributed by atoms with van der Waals surface area (Å²) in [5, 5.41) is 3.37. The highest BCUT2D eigenvalue weighted by atomic mass is 16.5. The molecule has 1 aliphatic heterocycles. The third kappa shape index (κ3) is 5.95. The first-order valence-electron chi connectivity index (χ1n) is 8.49. The van der Waals surface area contributed by atoms with Crippen LogP contribution in [0, 0.1) is 0 Å². The topological polar surface area (TPSA) is 41.6 Å². The molecule has 0 amide bonds. The Morgan fingerprint density at radius 3 is 2.67 bits per heavy atom. The minimum Gasteiger partial charge on any atom is -0.468 e. The van der Waals surface area contributed by atoms with E-state index in [0.29, 0.717) is 0 Å². The summed E-state index contributed by atoms with van der Waals surface area (Å²) in [6, 6.07) is 0.996. The number of carbonyl (C=O) groups is 1. The van der Waals surface area contributed by atoms with E-state index < -0.39 is 5.54 Å². The number of nitrogens with one attached hydrogen (secondary N) is 1. The molecule has 0 bridgehead atoms. The average Bonchev–Trinajstić information content (AvgIpc) is 2.43. The van der Waals surface area contributed by atoms with Gasteiger partial charge in [0.1, 0.15) is 5.54 Å². The van der Waals surface area contributed by atoms with Crippen molar-refractivity contribution in [2.45, 2.75) is 83.8 Å². The number of likely N-dealkylation sites (tertiary alicyclic amines) is 1. The van der Waals surface area contributed by atoms with Crippen LogP contribution in [-0.4, -0.2) is 48.7 Å². The first-order chi connectivity index (χ1) is 9.89. The summed E-state index contributed by atoms with van der Waals surface area (Å²) < 4.78 is 4.97. The number of unbranched alkanes of at least 4 members (excludes halogenated alkanes) is 1. The van der Waals surface area contributed by atoms with Crippen molar-refractivity contribution in [3.8, 4) is 0 Å². The first kappa shape index (κ1) is 18.4. The number of rotatable bonds is 8. The van der Waals surface area contributed by atoms with Crippen LogP contribution in [0.1, 0.15) is 66.2 Å². The summed E-state index contributed by atoms with van der Waals surface area (Å²) >= 11 is 0. The minimum atomic E-state index is -0.559. The zero-order chi connectivity index (χ0) is 15.9. The SMILES string of the molecule is COC(=O)C(C)(CCCCN1CCCCC1C)NC(C)C. The highest BCUT2D eigenvalue weighted by Crippen LogP contribution is 2.20. The summed E-state index contributed by atoms with van der Waals surface area (Å²) in [6.45, 7) is 10.8. The van der Waals surface area contributed by atoms with Crippen LogP contribution in [0.25, 0.3) is 0 Å². The zero-order valence-electron chi connectivity index (χ0n) is 14.6. The summed E-state index contributed by atoms with van der Waals surface area (Å²) in [4.78, 5) is 14.6. The van der Waals surface area contributed by atoms with E-state index in [-0.39, 0.29) is 12.0 Å². The van der Waals surface area contributed by atoms with Crippen LogP contribution < -0.4 is 5.32 Å². The predicted molar refractivity (Wildman–Crippen MR) is 87.4 cm³/mol. The van der Waals surface area contributed by atoms with Gasteiger partial charge >= 0.3 is 5.97 Å². The molecule has 0 aromatic rings. The second kappa shape index (κ2) is 8.74. The van der Waals surface area contributed by atoms with E-state index in [0.717, 1.165) is 31.8 Å². The third-order valence-electron chi connectivity index (χ3n) is 4.56. The number of nitrogens with zero attached hydrogens (tertiary/aromatic N) is 1. The molecule has 0 radical (unpaired) electrons. The monoisotopic (exact) mass is 298 g/mol. The second-order valence-electron chi connectivity index (χ2n) is 6.96. The smallest absolute Gasteiger partial charge is 0.325 e. The molecule has 0 aliphatic carbocycles. The summed E-state index contributed by atoms with van der Waals surface area (Å²) in [5.74, 6) is -0.150. The normalized spacial score (nSPS) is 23.0. The first-order valence-corrected chi connectivity index (χ1v) is 8.49. The Bertz CT molecular complexity index is 320. The van der Waals surface area contributed by atoms with Gasteiger partial charge in [0.15, 0.2) is 0 Å². The van der Waals surface area contributed by atoms with Gasteiger partial charge in [-0.1, -0.05) is 6.42 Å². The van der Waals surface area contributed by atoms with Gasteiger partial charge in [-0.25, -0.2) is 0 Å². The van der Waals surface area contributed by atoms with Crippen molar-refractivity contribution in [3.63, 3.8) is 0 Å². The summed E-state index contributed by atoms with van der Waals surface area (Å²) in [5.41, 5.74) is -0.559. The lowest BCUT2D eigenvalue weighted by Crippen LogP contribution is -2.53. The van der Waals surface area contributed by atoms with Gasteiger partial charge in [0.25, 0.3) is 0 Å². The fourth-order valence-corrected chi connectivity index (χ4v) is 3.38. The Balaban J connectivity index is 2.37. The molecule has 0 saturated carbocycles. The van der Waals surface area contributed by atoms with Gasteiger partial charge in [0.2, 0.25) is 0 Å². The number of hydrogen-bond acceptors (Lipinski definition) is 4. The van der Waals surface area contributed by atoms with Crippen molar-refractivity contribution >= 4 is 5.97 Å². The van der Waals surface area contributed by atoms with Crippen molar-refractivity contribution in [2.75, 3.05) is 20.2 Å². The van der Waals surface area contributed by atoms with Crippen molar-refractivity contribution < 1.29 is 9.53 Å². The van der Waals surface area contributed by atoms with E-state index in [9.17, 15) is 4.79 Å². The van der Waals surface area contributed by atoms with Crippen LogP contribution >= 0.6 is 0 Å². The largest absolute Gasteiger partial charge is 0.468 e. The second-order valence-corrected chi connectivity index (χ2v) is 6.96. The molecular formula is C17H34N2O2. The average molecular weight is 298 g/mol. The summed E-state index contributed by atoms with van der Waals surface area (Å²) in [6.07, 6.45) is 7.07. The lowest BCUT2D eigenvalue weighted by molar-refractivity contribution is -0.148. The number of ether oxygens (including phenoxy) is 1. The highest BCUT2D eigenvalue weighted by molar-refractivity contribution is 5.80. The molecule has 4 heteroatoms. The fraction of sp³-hybridized carbons (Fsp3) is 0.941. The quantitative estimate of drug-likeness (QED) is 0.552. The number of methoxy groups -OCH3 is 1. The number of piperidine rings is 1. The fourth-order valence-electron chi connectivity index (χ4n) is 3.38. The maximum absolute atomic E-state index is 12.0. The number of esters is 1. The van der Waals surface area contributed by atoms with Gasteiger partial charge in [0, 0.05) is 12.1 Å². The molecule has 1 rings (SSSR count). The van der Waals surface area contributed by atoms with E-state index in [1.54, 1.807) is 0 Å². The van der Waals surface area contributed by atoms with E-state index in [4.69, 9.17) is 4.74 Å². The number of hydrogen-bond donors (Lipinski definition) is 1. The Morgan fingerprint density at radius 1 is 1.38 bits per heavy atom. The molecule has 0 aromatic carbocycles. The van der Waals surface area contributed by atoms with Crippen LogP contribution in [0.2, 0.25) is 0 Å². The molecule has 1 saturated heterocycles. The maximum Gasteiger partial charge on any atom is 0.325 e. The Morgan fingerprint density at radius 2 is 2.10 bits per heavy atom. The Hall–Kier alpha value is -0.610. The van der Waals surface area contributed by atoms with E-state index in [2.05, 4.69) is 31.0 Å². The molecule has 0 aromatic heterocycles. The van der Waals surface area contributed by atoms with Crippen molar-refractivity contribution in [2.24, 2.45) is 0 Å². The minimum absolute atomic E-state index is 0.150. The summed E-state index contributed by atoms with van der Waals surface area (Å²) in [7, 11) is 1.47. The van der Waals surface area contributed by atoms with Crippen molar-refractivity contribution in [1.29, 1.82) is 0 Å². The molecule has 2 atom stereocenters. The Kier molecular flexibility index (Phi) is 7.67. The van der Waals surface area contributed by atoms with Crippen LogP contribution in [0.3, 0.4) is 0 Å². The van der Waals surface area contributed by atoms with Gasteiger partial charge in [-0.3, -0.25) is 10.1 Å². The standard InChI is InChI=1S/C17H34N2O2/c1-14(2)18-17(4,16(20)21-5)11-7-9-13-19-12-8-6-10-15(19)3/h14-15,18H,6-13H2,1-5H3. The van der Waals surface area contributed by atoms with Crippen LogP contribution in [-0.2, 0) is 9.53 Å². The molecule has 1 fully saturated rings. The molecule has 1 N–H and O–H groups in total. The van der Waals surface area contributed by atoms with E-state index in [1.807, 2.05) is 6.92 Å². The maximum atomic E-state index is 12.0. The molecule has 0 spiro atoms. The highest BCUT2D eigenvalue weighted by Gasteiger charge is 2.34. The predicted octanol–water partition coefficient (Wildman–Crippen LogP) is 2.96. The van der Waals surface area contributed by atoms with Crippen LogP contribution in [0.4, 0.5) is 0 Å². The molecule has 1 aliphatic rings. The van der Waals surface area contributed by atoms with Gasteiger partial charge in [-0.2, -0.15) is 0 Å². The molecule has 1 heterocycles. The van der Waals surface area contributed by atoms with Crippen LogP contribution in [0.15, 0.2) is 0 Å².